The molecule has 3 rings (SSSR count). The van der Waals surface area contributed by atoms with Gasteiger partial charge in [0, 0.05) is 23.6 Å². The summed E-state index contributed by atoms with van der Waals surface area (Å²) in [4.78, 5) is 0. The first-order chi connectivity index (χ1) is 11.4. The number of hydrogen-bond acceptors (Lipinski definition) is 6. The molecule has 0 radical (unpaired) electrons. The SMILES string of the molecule is CC1(O)CC(c2ccccc2)C(N([O-])O)C(c2ccccc2N)O1. The number of nitrogens with zero attached hydrogens (tertiary/aromatic N) is 1. The Labute approximate surface area is 140 Å². The molecular formula is C18H21N2O4-. The number of para-hydroxylation sites is 1. The van der Waals surface area contributed by atoms with Crippen LogP contribution in [0, 0.1) is 5.21 Å². The van der Waals surface area contributed by atoms with Crippen LogP contribution < -0.4 is 5.73 Å². The second-order valence-electron chi connectivity index (χ2n) is 6.36. The first-order valence-corrected chi connectivity index (χ1v) is 7.84. The Hall–Kier alpha value is -1.96. The second kappa shape index (κ2) is 6.51. The zero-order valence-electron chi connectivity index (χ0n) is 13.4. The van der Waals surface area contributed by atoms with Gasteiger partial charge in [-0.25, -0.2) is 0 Å². The van der Waals surface area contributed by atoms with Crippen LogP contribution in [0.1, 0.15) is 36.5 Å². The molecule has 1 saturated heterocycles. The third-order valence-corrected chi connectivity index (χ3v) is 4.49. The van der Waals surface area contributed by atoms with E-state index in [2.05, 4.69) is 0 Å². The van der Waals surface area contributed by atoms with Gasteiger partial charge in [-0.1, -0.05) is 48.5 Å². The van der Waals surface area contributed by atoms with Crippen LogP contribution in [-0.4, -0.2) is 27.4 Å². The summed E-state index contributed by atoms with van der Waals surface area (Å²) in [6, 6.07) is 15.4. The second-order valence-corrected chi connectivity index (χ2v) is 6.36. The highest BCUT2D eigenvalue weighted by Crippen LogP contribution is 2.46. The van der Waals surface area contributed by atoms with Crippen molar-refractivity contribution in [1.29, 1.82) is 0 Å². The van der Waals surface area contributed by atoms with Crippen molar-refractivity contribution in [2.45, 2.75) is 37.2 Å². The maximum absolute atomic E-state index is 12.0. The van der Waals surface area contributed by atoms with Crippen molar-refractivity contribution in [2.24, 2.45) is 0 Å². The van der Waals surface area contributed by atoms with Gasteiger partial charge < -0.3 is 26.0 Å². The Morgan fingerprint density at radius 1 is 1.17 bits per heavy atom. The van der Waals surface area contributed by atoms with E-state index in [0.29, 0.717) is 11.3 Å². The molecule has 0 aliphatic carbocycles. The molecule has 2 aromatic carbocycles. The molecule has 4 N–H and O–H groups in total. The van der Waals surface area contributed by atoms with E-state index in [9.17, 15) is 15.5 Å². The number of ether oxygens (including phenoxy) is 1. The molecule has 24 heavy (non-hydrogen) atoms. The molecule has 0 amide bonds. The molecule has 0 bridgehead atoms. The van der Waals surface area contributed by atoms with Gasteiger partial charge in [0.2, 0.25) is 0 Å². The normalized spacial score (nSPS) is 30.5. The molecule has 4 atom stereocenters. The fraction of sp³-hybridized carbons (Fsp3) is 0.333. The number of nitrogen functional groups attached to an aromatic ring is 1. The molecule has 0 aromatic heterocycles. The molecule has 128 valence electrons. The van der Waals surface area contributed by atoms with Gasteiger partial charge in [0.1, 0.15) is 6.10 Å². The maximum atomic E-state index is 12.0. The highest BCUT2D eigenvalue weighted by molar-refractivity contribution is 5.49. The molecule has 2 aromatic rings. The van der Waals surface area contributed by atoms with Crippen LogP contribution in [-0.2, 0) is 4.74 Å². The molecule has 1 aliphatic rings. The lowest BCUT2D eigenvalue weighted by Crippen LogP contribution is -2.50. The smallest absolute Gasteiger partial charge is 0.164 e. The monoisotopic (exact) mass is 329 g/mol. The molecule has 1 aliphatic heterocycles. The standard InChI is InChI=1S/C18H21N2O4/c1-18(21)11-14(12-7-3-2-4-8-12)16(20(22)23)17(24-18)13-9-5-6-10-15(13)19/h2-10,14,16-17,21-22H,11,19H2,1H3/q-1. The average molecular weight is 329 g/mol. The molecular weight excluding hydrogens is 308 g/mol. The number of hydroxylamine groups is 2. The predicted octanol–water partition coefficient (Wildman–Crippen LogP) is 2.78. The summed E-state index contributed by atoms with van der Waals surface area (Å²) < 4.78 is 5.74. The molecule has 0 saturated carbocycles. The van der Waals surface area contributed by atoms with E-state index in [1.807, 2.05) is 30.3 Å². The van der Waals surface area contributed by atoms with Crippen LogP contribution in [0.2, 0.25) is 0 Å². The number of benzene rings is 2. The van der Waals surface area contributed by atoms with Crippen molar-refractivity contribution in [3.63, 3.8) is 0 Å². The average Bonchev–Trinajstić information content (AvgIpc) is 2.54. The molecule has 0 spiro atoms. The van der Waals surface area contributed by atoms with Crippen LogP contribution >= 0.6 is 0 Å². The quantitative estimate of drug-likeness (QED) is 0.591. The van der Waals surface area contributed by atoms with Crippen molar-refractivity contribution in [1.82, 2.24) is 5.23 Å². The maximum Gasteiger partial charge on any atom is 0.164 e. The van der Waals surface area contributed by atoms with Gasteiger partial charge in [0.25, 0.3) is 0 Å². The van der Waals surface area contributed by atoms with E-state index in [1.54, 1.807) is 31.2 Å². The summed E-state index contributed by atoms with van der Waals surface area (Å²) in [6.07, 6.45) is -0.674. The first kappa shape index (κ1) is 16.9. The number of hydrogen-bond donors (Lipinski definition) is 3. The Balaban J connectivity index is 2.08. The van der Waals surface area contributed by atoms with E-state index in [4.69, 9.17) is 10.5 Å². The van der Waals surface area contributed by atoms with Crippen molar-refractivity contribution in [3.8, 4) is 0 Å². The van der Waals surface area contributed by atoms with E-state index in [1.165, 1.54) is 0 Å². The summed E-state index contributed by atoms with van der Waals surface area (Å²) in [5.41, 5.74) is 7.88. The van der Waals surface area contributed by atoms with Crippen LogP contribution in [0.5, 0.6) is 0 Å². The van der Waals surface area contributed by atoms with Crippen molar-refractivity contribution in [2.75, 3.05) is 5.73 Å². The lowest BCUT2D eigenvalue weighted by Gasteiger charge is -2.49. The molecule has 1 heterocycles. The Morgan fingerprint density at radius 2 is 1.79 bits per heavy atom. The summed E-state index contributed by atoms with van der Waals surface area (Å²) in [6.45, 7) is 1.55. The highest BCUT2D eigenvalue weighted by Gasteiger charge is 2.46. The summed E-state index contributed by atoms with van der Waals surface area (Å²) in [7, 11) is 0. The van der Waals surface area contributed by atoms with Gasteiger partial charge in [-0.15, -0.1) is 0 Å². The van der Waals surface area contributed by atoms with Gasteiger partial charge in [-0.05, 0) is 18.6 Å². The van der Waals surface area contributed by atoms with E-state index in [0.717, 1.165) is 5.56 Å². The van der Waals surface area contributed by atoms with Gasteiger partial charge in [-0.3, -0.25) is 5.23 Å². The number of nitrogens with two attached hydrogens (primary N) is 1. The van der Waals surface area contributed by atoms with Crippen molar-refractivity contribution >= 4 is 5.69 Å². The van der Waals surface area contributed by atoms with E-state index in [-0.39, 0.29) is 11.6 Å². The fourth-order valence-corrected chi connectivity index (χ4v) is 3.43. The number of aliphatic hydroxyl groups is 1. The molecule has 6 heteroatoms. The lowest BCUT2D eigenvalue weighted by atomic mass is 9.79. The zero-order valence-corrected chi connectivity index (χ0v) is 13.4. The molecule has 6 nitrogen and oxygen atoms in total. The van der Waals surface area contributed by atoms with Crippen molar-refractivity contribution < 1.29 is 15.1 Å². The van der Waals surface area contributed by atoms with E-state index >= 15 is 0 Å². The van der Waals surface area contributed by atoms with Crippen LogP contribution in [0.25, 0.3) is 0 Å². The van der Waals surface area contributed by atoms with Gasteiger partial charge in [0.05, 0.1) is 6.04 Å². The lowest BCUT2D eigenvalue weighted by molar-refractivity contribution is -0.284. The third-order valence-electron chi connectivity index (χ3n) is 4.49. The van der Waals surface area contributed by atoms with Crippen LogP contribution in [0.15, 0.2) is 54.6 Å². The largest absolute Gasteiger partial charge is 0.762 e. The summed E-state index contributed by atoms with van der Waals surface area (Å²) in [5, 5.41) is 32.2. The molecule has 4 unspecified atom stereocenters. The minimum atomic E-state index is -1.44. The number of anilines is 1. The Morgan fingerprint density at radius 3 is 2.42 bits per heavy atom. The van der Waals surface area contributed by atoms with Crippen molar-refractivity contribution in [3.05, 3.63) is 70.9 Å². The van der Waals surface area contributed by atoms with Gasteiger partial charge >= 0.3 is 0 Å². The number of rotatable bonds is 3. The topological polar surface area (TPSA) is 102 Å². The third kappa shape index (κ3) is 3.28. The zero-order chi connectivity index (χ0) is 17.3. The first-order valence-electron chi connectivity index (χ1n) is 7.84. The van der Waals surface area contributed by atoms with Gasteiger partial charge in [0.15, 0.2) is 5.79 Å². The fourth-order valence-electron chi connectivity index (χ4n) is 3.43. The minimum absolute atomic E-state index is 0.0794. The van der Waals surface area contributed by atoms with Crippen LogP contribution in [0.3, 0.4) is 0 Å². The van der Waals surface area contributed by atoms with Crippen LogP contribution in [0.4, 0.5) is 5.69 Å². The Bertz CT molecular complexity index is 690. The van der Waals surface area contributed by atoms with E-state index < -0.39 is 23.9 Å². The van der Waals surface area contributed by atoms with Gasteiger partial charge in [-0.2, -0.15) is 0 Å². The summed E-state index contributed by atoms with van der Waals surface area (Å²) >= 11 is 0. The predicted molar refractivity (Wildman–Crippen MR) is 89.9 cm³/mol. The Kier molecular flexibility index (Phi) is 4.58. The minimum Gasteiger partial charge on any atom is -0.762 e. The highest BCUT2D eigenvalue weighted by atomic mass is 16.8. The summed E-state index contributed by atoms with van der Waals surface area (Å²) in [5.74, 6) is -1.86. The molecule has 1 fully saturated rings.